The molecule has 1 unspecified atom stereocenters. The molecule has 0 spiro atoms. The second-order valence-electron chi connectivity index (χ2n) is 16.7. The highest BCUT2D eigenvalue weighted by atomic mass is 15.2. The van der Waals surface area contributed by atoms with Gasteiger partial charge in [-0.05, 0) is 103 Å². The van der Waals surface area contributed by atoms with Gasteiger partial charge < -0.3 is 9.47 Å². The molecule has 3 aliphatic rings. The Hall–Kier alpha value is -7.37. The molecule has 7 aromatic carbocycles. The van der Waals surface area contributed by atoms with Crippen LogP contribution in [0, 0.1) is 6.92 Å². The molecule has 9 aromatic rings. The summed E-state index contributed by atoms with van der Waals surface area (Å²) < 4.78 is 2.58. The Bertz CT molecular complexity index is 3140. The number of para-hydroxylation sites is 1. The molecule has 0 saturated carbocycles. The smallest absolute Gasteiger partial charge is 0.164 e. The number of allylic oxidation sites excluding steroid dienone is 2. The van der Waals surface area contributed by atoms with Crippen LogP contribution in [0.15, 0.2) is 182 Å². The molecule has 1 atom stereocenters. The van der Waals surface area contributed by atoms with Crippen molar-refractivity contribution in [2.45, 2.75) is 38.5 Å². The van der Waals surface area contributed by atoms with Crippen LogP contribution in [0.4, 0.5) is 11.4 Å². The van der Waals surface area contributed by atoms with Crippen molar-refractivity contribution in [3.8, 4) is 51.0 Å². The van der Waals surface area contributed by atoms with E-state index in [0.717, 1.165) is 47.2 Å². The van der Waals surface area contributed by atoms with E-state index in [0.29, 0.717) is 17.5 Å². The Morgan fingerprint density at radius 3 is 1.83 bits per heavy atom. The van der Waals surface area contributed by atoms with Crippen LogP contribution in [0.1, 0.15) is 41.3 Å². The van der Waals surface area contributed by atoms with Crippen LogP contribution in [0.3, 0.4) is 0 Å². The van der Waals surface area contributed by atoms with E-state index in [1.165, 1.54) is 67.1 Å². The third-order valence-corrected chi connectivity index (χ3v) is 12.9. The molecule has 0 N–H and O–H groups in total. The maximum absolute atomic E-state index is 5.15. The van der Waals surface area contributed by atoms with Gasteiger partial charge in [0.25, 0.3) is 0 Å². The highest BCUT2D eigenvalue weighted by molar-refractivity contribution is 6.04. The van der Waals surface area contributed by atoms with Gasteiger partial charge in [-0.15, -0.1) is 0 Å². The normalized spacial score (nSPS) is 16.3. The van der Waals surface area contributed by atoms with Crippen LogP contribution in [0.25, 0.3) is 67.5 Å². The van der Waals surface area contributed by atoms with Gasteiger partial charge in [-0.25, -0.2) is 15.0 Å². The van der Waals surface area contributed by atoms with E-state index >= 15 is 0 Å². The van der Waals surface area contributed by atoms with E-state index in [-0.39, 0.29) is 5.41 Å². The molecule has 2 aliphatic carbocycles. The van der Waals surface area contributed by atoms with Gasteiger partial charge in [0.2, 0.25) is 0 Å². The van der Waals surface area contributed by atoms with Crippen LogP contribution in [0.5, 0.6) is 0 Å². The standard InChI is InChI=1S/C55H41N5/c1-35-30-41(54-57-52(38-18-8-4-9-19-38)56-53(58-54)39-20-10-5-11-21-39)33-43(31-35)60-46-26-13-12-25-45(46)55(2)34-48-50-44(51(55)60)29-28-37-22-15-27-47(49(37)50)59(48)42-24-14-23-40(32-42)36-16-6-3-7-17-36/h3-27,30-33H,28-29,34H2,1-2H3. The molecule has 3 heterocycles. The van der Waals surface area contributed by atoms with Crippen LogP contribution < -0.4 is 4.90 Å². The average molecular weight is 772 g/mol. The van der Waals surface area contributed by atoms with Crippen molar-refractivity contribution in [1.29, 1.82) is 0 Å². The quantitative estimate of drug-likeness (QED) is 0.169. The summed E-state index contributed by atoms with van der Waals surface area (Å²) in [5.74, 6) is 1.99. The predicted octanol–water partition coefficient (Wildman–Crippen LogP) is 13.1. The Labute approximate surface area is 350 Å². The number of anilines is 2. The number of rotatable bonds is 6. The van der Waals surface area contributed by atoms with Crippen molar-refractivity contribution in [3.63, 3.8) is 0 Å². The predicted molar refractivity (Wildman–Crippen MR) is 244 cm³/mol. The molecule has 5 nitrogen and oxygen atoms in total. The molecule has 1 aliphatic heterocycles. The first kappa shape index (κ1) is 34.7. The number of hydrogen-bond donors (Lipinski definition) is 0. The first-order chi connectivity index (χ1) is 29.5. The lowest BCUT2D eigenvalue weighted by molar-refractivity contribution is 0.547. The van der Waals surface area contributed by atoms with E-state index in [1.54, 1.807) is 0 Å². The van der Waals surface area contributed by atoms with E-state index < -0.39 is 0 Å². The molecular formula is C55H41N5. The summed E-state index contributed by atoms with van der Waals surface area (Å²) in [6, 6.07) is 63.1. The van der Waals surface area contributed by atoms with E-state index in [9.17, 15) is 0 Å². The van der Waals surface area contributed by atoms with Crippen molar-refractivity contribution in [1.82, 2.24) is 19.5 Å². The van der Waals surface area contributed by atoms with Crippen LogP contribution >= 0.6 is 0 Å². The minimum atomic E-state index is -0.266. The Kier molecular flexibility index (Phi) is 7.70. The Morgan fingerprint density at radius 2 is 1.12 bits per heavy atom. The number of fused-ring (bicyclic) bond motifs is 3. The third-order valence-electron chi connectivity index (χ3n) is 12.9. The molecular weight excluding hydrogens is 731 g/mol. The fourth-order valence-electron chi connectivity index (χ4n) is 10.4. The fraction of sp³-hybridized carbons (Fsp3) is 0.109. The molecule has 0 amide bonds. The van der Waals surface area contributed by atoms with Gasteiger partial charge in [0.15, 0.2) is 17.5 Å². The maximum Gasteiger partial charge on any atom is 0.164 e. The van der Waals surface area contributed by atoms with Crippen molar-refractivity contribution in [3.05, 3.63) is 210 Å². The number of benzene rings is 7. The zero-order valence-corrected chi connectivity index (χ0v) is 33.6. The van der Waals surface area contributed by atoms with Crippen LogP contribution in [-0.2, 0) is 18.3 Å². The summed E-state index contributed by atoms with van der Waals surface area (Å²) >= 11 is 0. The van der Waals surface area contributed by atoms with Crippen molar-refractivity contribution in [2.24, 2.45) is 0 Å². The third kappa shape index (κ3) is 5.28. The van der Waals surface area contributed by atoms with Gasteiger partial charge >= 0.3 is 0 Å². The minimum Gasteiger partial charge on any atom is -0.313 e. The molecule has 286 valence electrons. The SMILES string of the molecule is Cc1cc(-c2nc(-c3ccccc3)nc(-c3ccccc3)n2)cc(N2C3=C4CCc5cccc6c5c4c(n6-c4cccc(-c5ccccc5)c4)CC3(C)c3ccccc32)c1. The van der Waals surface area contributed by atoms with E-state index in [2.05, 4.69) is 163 Å². The second-order valence-corrected chi connectivity index (χ2v) is 16.7. The summed E-state index contributed by atoms with van der Waals surface area (Å²) in [5, 5.41) is 1.40. The zero-order chi connectivity index (χ0) is 40.0. The maximum atomic E-state index is 5.15. The number of aryl methyl sites for hydroxylation is 2. The summed E-state index contributed by atoms with van der Waals surface area (Å²) in [7, 11) is 0. The minimum absolute atomic E-state index is 0.266. The molecule has 12 rings (SSSR count). The topological polar surface area (TPSA) is 46.8 Å². The second kappa shape index (κ2) is 13.3. The summed E-state index contributed by atoms with van der Waals surface area (Å²) in [6.45, 7) is 4.67. The highest BCUT2D eigenvalue weighted by Gasteiger charge is 2.51. The van der Waals surface area contributed by atoms with Crippen molar-refractivity contribution < 1.29 is 0 Å². The number of aromatic nitrogens is 4. The van der Waals surface area contributed by atoms with Gasteiger partial charge in [0.05, 0.1) is 11.2 Å². The fourth-order valence-corrected chi connectivity index (χ4v) is 10.4. The first-order valence-electron chi connectivity index (χ1n) is 21.0. The summed E-state index contributed by atoms with van der Waals surface area (Å²) in [5.41, 5.74) is 19.6. The van der Waals surface area contributed by atoms with Gasteiger partial charge in [-0.3, -0.25) is 0 Å². The molecule has 0 bridgehead atoms. The molecule has 0 radical (unpaired) electrons. The first-order valence-corrected chi connectivity index (χ1v) is 21.0. The highest BCUT2D eigenvalue weighted by Crippen LogP contribution is 2.61. The van der Waals surface area contributed by atoms with Crippen molar-refractivity contribution in [2.75, 3.05) is 4.90 Å². The largest absolute Gasteiger partial charge is 0.313 e. The number of nitrogens with zero attached hydrogens (tertiary/aromatic N) is 5. The van der Waals surface area contributed by atoms with Crippen molar-refractivity contribution >= 4 is 27.9 Å². The summed E-state index contributed by atoms with van der Waals surface area (Å²) in [4.78, 5) is 17.9. The van der Waals surface area contributed by atoms with Crippen LogP contribution in [0.2, 0.25) is 0 Å². The van der Waals surface area contributed by atoms with Gasteiger partial charge in [-0.2, -0.15) is 0 Å². The molecule has 0 saturated heterocycles. The lowest BCUT2D eigenvalue weighted by Crippen LogP contribution is -2.34. The summed E-state index contributed by atoms with van der Waals surface area (Å²) in [6.07, 6.45) is 2.87. The monoisotopic (exact) mass is 771 g/mol. The average Bonchev–Trinajstić information content (AvgIpc) is 3.78. The Morgan fingerprint density at radius 1 is 0.517 bits per heavy atom. The van der Waals surface area contributed by atoms with Crippen LogP contribution in [-0.4, -0.2) is 19.5 Å². The molecule has 2 aromatic heterocycles. The number of hydrogen-bond acceptors (Lipinski definition) is 4. The van der Waals surface area contributed by atoms with Gasteiger partial charge in [0.1, 0.15) is 0 Å². The van der Waals surface area contributed by atoms with Gasteiger partial charge in [0, 0.05) is 62.2 Å². The van der Waals surface area contributed by atoms with Gasteiger partial charge in [-0.1, -0.05) is 133 Å². The molecule has 0 fully saturated rings. The lowest BCUT2D eigenvalue weighted by Gasteiger charge is -2.38. The zero-order valence-electron chi connectivity index (χ0n) is 33.6. The lowest BCUT2D eigenvalue weighted by atomic mass is 9.69. The molecule has 5 heteroatoms. The Balaban J connectivity index is 1.07. The van der Waals surface area contributed by atoms with E-state index in [1.807, 2.05) is 36.4 Å². The van der Waals surface area contributed by atoms with E-state index in [4.69, 9.17) is 15.0 Å². The molecule has 60 heavy (non-hydrogen) atoms.